The summed E-state index contributed by atoms with van der Waals surface area (Å²) in [5, 5.41) is 24.7. The maximum Gasteiger partial charge on any atom is 0.326 e. The fraction of sp³-hybridized carbons (Fsp3) is 0.692. The van der Waals surface area contributed by atoms with Gasteiger partial charge in [0.1, 0.15) is 18.1 Å². The van der Waals surface area contributed by atoms with Crippen LogP contribution < -0.4 is 21.7 Å². The normalized spacial score (nSPS) is 14.1. The van der Waals surface area contributed by atoms with Gasteiger partial charge in [0.05, 0.1) is 13.2 Å². The summed E-state index contributed by atoms with van der Waals surface area (Å²) in [6.45, 7) is -1.01. The van der Waals surface area contributed by atoms with Crippen LogP contribution >= 0.6 is 24.4 Å². The molecule has 0 heterocycles. The van der Waals surface area contributed by atoms with Gasteiger partial charge in [-0.05, 0) is 18.4 Å². The van der Waals surface area contributed by atoms with Crippen molar-refractivity contribution in [1.82, 2.24) is 16.0 Å². The molecule has 10 nitrogen and oxygen atoms in total. The third-order valence-corrected chi connectivity index (χ3v) is 4.03. The summed E-state index contributed by atoms with van der Waals surface area (Å²) in [6.07, 6.45) is 2.05. The van der Waals surface area contributed by atoms with Gasteiger partial charge in [-0.15, -0.1) is 0 Å². The number of nitrogens with one attached hydrogen (secondary N) is 3. The van der Waals surface area contributed by atoms with Gasteiger partial charge in [-0.2, -0.15) is 24.4 Å². The molecule has 12 heteroatoms. The molecular formula is C13H24N4O6S2. The van der Waals surface area contributed by atoms with E-state index in [9.17, 15) is 19.2 Å². The van der Waals surface area contributed by atoms with Gasteiger partial charge >= 0.3 is 5.97 Å². The average Bonchev–Trinajstić information content (AvgIpc) is 2.59. The first-order valence-electron chi connectivity index (χ1n) is 7.33. The number of carboxylic acids is 1. The smallest absolute Gasteiger partial charge is 0.326 e. The van der Waals surface area contributed by atoms with E-state index in [1.54, 1.807) is 0 Å². The molecule has 144 valence electrons. The molecule has 0 spiro atoms. The second-order valence-corrected chi connectivity index (χ2v) is 6.34. The summed E-state index contributed by atoms with van der Waals surface area (Å²) in [5.41, 5.74) is 5.27. The highest BCUT2D eigenvalue weighted by Gasteiger charge is 2.25. The molecule has 0 aromatic rings. The minimum atomic E-state index is -1.17. The molecule has 7 N–H and O–H groups in total. The summed E-state index contributed by atoms with van der Waals surface area (Å²) in [5.74, 6) is -2.76. The van der Waals surface area contributed by atoms with Gasteiger partial charge in [0.2, 0.25) is 17.7 Å². The summed E-state index contributed by atoms with van der Waals surface area (Å²) in [7, 11) is 0. The largest absolute Gasteiger partial charge is 0.480 e. The number of hydrogen-bond acceptors (Lipinski definition) is 8. The van der Waals surface area contributed by atoms with Gasteiger partial charge < -0.3 is 31.9 Å². The van der Waals surface area contributed by atoms with Crippen LogP contribution in [0.4, 0.5) is 0 Å². The Bertz CT molecular complexity index is 479. The molecular weight excluding hydrogens is 372 g/mol. The molecule has 3 atom stereocenters. The number of aliphatic hydroxyl groups excluding tert-OH is 1. The summed E-state index contributed by atoms with van der Waals surface area (Å²) < 4.78 is 0. The first-order valence-corrected chi connectivity index (χ1v) is 9.35. The molecule has 0 aromatic heterocycles. The Kier molecular flexibility index (Phi) is 12.0. The molecule has 0 aliphatic rings. The molecule has 0 aliphatic heterocycles. The Morgan fingerprint density at radius 3 is 2.28 bits per heavy atom. The van der Waals surface area contributed by atoms with E-state index in [-0.39, 0.29) is 12.2 Å². The van der Waals surface area contributed by atoms with Crippen molar-refractivity contribution in [3.63, 3.8) is 0 Å². The van der Waals surface area contributed by atoms with Gasteiger partial charge in [-0.3, -0.25) is 14.4 Å². The fourth-order valence-corrected chi connectivity index (χ4v) is 2.31. The third kappa shape index (κ3) is 9.53. The molecule has 0 rings (SSSR count). The molecule has 0 radical (unpaired) electrons. The highest BCUT2D eigenvalue weighted by atomic mass is 32.2. The van der Waals surface area contributed by atoms with E-state index in [0.29, 0.717) is 5.75 Å². The average molecular weight is 396 g/mol. The number of thioether (sulfide) groups is 1. The Morgan fingerprint density at radius 1 is 1.16 bits per heavy atom. The van der Waals surface area contributed by atoms with Crippen molar-refractivity contribution in [3.8, 4) is 0 Å². The number of rotatable bonds is 12. The zero-order chi connectivity index (χ0) is 19.4. The topological polar surface area (TPSA) is 171 Å². The second-order valence-electron chi connectivity index (χ2n) is 4.99. The van der Waals surface area contributed by atoms with E-state index in [4.69, 9.17) is 15.9 Å². The Morgan fingerprint density at radius 2 is 1.80 bits per heavy atom. The third-order valence-electron chi connectivity index (χ3n) is 3.02. The molecule has 0 aliphatic carbocycles. The fourth-order valence-electron chi connectivity index (χ4n) is 1.59. The standard InChI is InChI=1S/C13H24N4O6S2/c1-25-3-2-8(13(22)23)17-12(21)9(6-24)16-10(19)4-15-11(20)7(14)5-18/h7-9,18,24H,2-6,14H2,1H3,(H,15,20)(H,16,19)(H,17,21)(H,22,23). The van der Waals surface area contributed by atoms with E-state index < -0.39 is 55.0 Å². The number of hydrogen-bond donors (Lipinski definition) is 7. The highest BCUT2D eigenvalue weighted by Crippen LogP contribution is 2.02. The number of aliphatic carboxylic acids is 1. The van der Waals surface area contributed by atoms with E-state index in [0.717, 1.165) is 0 Å². The van der Waals surface area contributed by atoms with E-state index in [1.807, 2.05) is 6.26 Å². The number of carbonyl (C=O) groups is 4. The summed E-state index contributed by atoms with van der Waals surface area (Å²) >= 11 is 5.41. The Balaban J connectivity index is 4.54. The number of thiol groups is 1. The first-order chi connectivity index (χ1) is 11.8. The number of carboxylic acid groups (broad SMARTS) is 1. The number of nitrogens with two attached hydrogens (primary N) is 1. The van der Waals surface area contributed by atoms with Crippen LogP contribution in [-0.2, 0) is 19.2 Å². The van der Waals surface area contributed by atoms with Crippen LogP contribution in [0.25, 0.3) is 0 Å². The van der Waals surface area contributed by atoms with Crippen LogP contribution in [0.2, 0.25) is 0 Å². The number of amides is 3. The van der Waals surface area contributed by atoms with Crippen molar-refractivity contribution in [2.24, 2.45) is 5.73 Å². The van der Waals surface area contributed by atoms with Crippen LogP contribution in [0.5, 0.6) is 0 Å². The van der Waals surface area contributed by atoms with E-state index >= 15 is 0 Å². The van der Waals surface area contributed by atoms with Crippen LogP contribution in [-0.4, -0.2) is 82.9 Å². The van der Waals surface area contributed by atoms with Crippen molar-refractivity contribution in [3.05, 3.63) is 0 Å². The van der Waals surface area contributed by atoms with E-state index in [1.165, 1.54) is 11.8 Å². The zero-order valence-electron chi connectivity index (χ0n) is 13.7. The van der Waals surface area contributed by atoms with Crippen LogP contribution in [0.1, 0.15) is 6.42 Å². The number of carbonyl (C=O) groups excluding carboxylic acids is 3. The quantitative estimate of drug-likeness (QED) is 0.173. The van der Waals surface area contributed by atoms with Gasteiger partial charge in [0.25, 0.3) is 0 Å². The molecule has 3 unspecified atom stereocenters. The molecule has 0 fully saturated rings. The van der Waals surface area contributed by atoms with Crippen molar-refractivity contribution < 1.29 is 29.4 Å². The van der Waals surface area contributed by atoms with Crippen molar-refractivity contribution in [2.45, 2.75) is 24.5 Å². The van der Waals surface area contributed by atoms with Crippen LogP contribution in [0.3, 0.4) is 0 Å². The minimum absolute atomic E-state index is 0.0590. The molecule has 3 amide bonds. The maximum atomic E-state index is 12.1. The zero-order valence-corrected chi connectivity index (χ0v) is 15.4. The van der Waals surface area contributed by atoms with Gasteiger partial charge in [0.15, 0.2) is 0 Å². The first kappa shape index (κ1) is 23.5. The van der Waals surface area contributed by atoms with Crippen LogP contribution in [0, 0.1) is 0 Å². The van der Waals surface area contributed by atoms with Gasteiger partial charge in [0, 0.05) is 5.75 Å². The predicted molar refractivity (Wildman–Crippen MR) is 96.4 cm³/mol. The number of aliphatic hydroxyl groups is 1. The van der Waals surface area contributed by atoms with Crippen LogP contribution in [0.15, 0.2) is 0 Å². The monoisotopic (exact) mass is 396 g/mol. The van der Waals surface area contributed by atoms with Crippen molar-refractivity contribution in [2.75, 3.05) is 30.9 Å². The molecule has 0 bridgehead atoms. The minimum Gasteiger partial charge on any atom is -0.480 e. The summed E-state index contributed by atoms with van der Waals surface area (Å²) in [6, 6.07) is -3.28. The lowest BCUT2D eigenvalue weighted by Crippen LogP contribution is -2.54. The summed E-state index contributed by atoms with van der Waals surface area (Å²) in [4.78, 5) is 46.3. The van der Waals surface area contributed by atoms with E-state index in [2.05, 4.69) is 28.6 Å². The van der Waals surface area contributed by atoms with Gasteiger partial charge in [-0.1, -0.05) is 0 Å². The molecule has 25 heavy (non-hydrogen) atoms. The lowest BCUT2D eigenvalue weighted by atomic mass is 10.2. The highest BCUT2D eigenvalue weighted by molar-refractivity contribution is 7.98. The SMILES string of the molecule is CSCCC(NC(=O)C(CS)NC(=O)CNC(=O)C(N)CO)C(=O)O. The Hall–Kier alpha value is -1.50. The maximum absolute atomic E-state index is 12.1. The van der Waals surface area contributed by atoms with Crippen molar-refractivity contribution in [1.29, 1.82) is 0 Å². The van der Waals surface area contributed by atoms with Crippen molar-refractivity contribution >= 4 is 48.1 Å². The molecule has 0 saturated heterocycles. The molecule has 0 saturated carbocycles. The predicted octanol–water partition coefficient (Wildman–Crippen LogP) is -2.84. The Labute approximate surface area is 155 Å². The lowest BCUT2D eigenvalue weighted by Gasteiger charge is -2.20. The van der Waals surface area contributed by atoms with Gasteiger partial charge in [-0.25, -0.2) is 4.79 Å². The molecule has 0 aromatic carbocycles. The lowest BCUT2D eigenvalue weighted by molar-refractivity contribution is -0.142. The second kappa shape index (κ2) is 12.8.